The number of nitrogens with one attached hydrogen (secondary N) is 1. The van der Waals surface area contributed by atoms with Crippen molar-refractivity contribution in [2.45, 2.75) is 57.7 Å². The molecule has 1 heterocycles. The highest BCUT2D eigenvalue weighted by Crippen LogP contribution is 2.28. The van der Waals surface area contributed by atoms with Crippen molar-refractivity contribution >= 4 is 5.69 Å². The summed E-state index contributed by atoms with van der Waals surface area (Å²) in [6.45, 7) is 3.32. The summed E-state index contributed by atoms with van der Waals surface area (Å²) >= 11 is 0. The fourth-order valence-corrected chi connectivity index (χ4v) is 3.44. The normalized spacial score (nSPS) is 31.1. The number of hydrogen-bond acceptors (Lipinski definition) is 2. The molecule has 1 fully saturated rings. The van der Waals surface area contributed by atoms with Crippen LogP contribution in [0.25, 0.3) is 0 Å². The number of ether oxygens (including phenoxy) is 1. The van der Waals surface area contributed by atoms with Crippen LogP contribution in [0, 0.1) is 5.92 Å². The second kappa shape index (κ2) is 5.96. The quantitative estimate of drug-likeness (QED) is 0.866. The van der Waals surface area contributed by atoms with E-state index in [2.05, 4.69) is 36.5 Å². The summed E-state index contributed by atoms with van der Waals surface area (Å²) in [5, 5.41) is 3.55. The Morgan fingerprint density at radius 3 is 2.89 bits per heavy atom. The zero-order chi connectivity index (χ0) is 13.1. The Labute approximate surface area is 116 Å². The molecular formula is C17H25NO. The fraction of sp³-hybridized carbons (Fsp3) is 0.647. The van der Waals surface area contributed by atoms with Crippen molar-refractivity contribution in [3.8, 4) is 0 Å². The number of fused-ring (bicyclic) bond motifs is 1. The Morgan fingerprint density at radius 1 is 1.11 bits per heavy atom. The molecule has 2 nitrogen and oxygen atoms in total. The lowest BCUT2D eigenvalue weighted by Gasteiger charge is -2.30. The lowest BCUT2D eigenvalue weighted by molar-refractivity contribution is -0.0350. The van der Waals surface area contributed by atoms with Gasteiger partial charge in [0.25, 0.3) is 0 Å². The third-order valence-electron chi connectivity index (χ3n) is 4.55. The van der Waals surface area contributed by atoms with Gasteiger partial charge in [0.2, 0.25) is 0 Å². The van der Waals surface area contributed by atoms with E-state index in [0.717, 1.165) is 25.3 Å². The molecular weight excluding hydrogens is 234 g/mol. The summed E-state index contributed by atoms with van der Waals surface area (Å²) in [7, 11) is 0. The van der Waals surface area contributed by atoms with Crippen molar-refractivity contribution in [2.75, 3.05) is 11.9 Å². The maximum atomic E-state index is 6.35. The first kappa shape index (κ1) is 13.0. The van der Waals surface area contributed by atoms with Gasteiger partial charge in [-0.3, -0.25) is 0 Å². The minimum Gasteiger partial charge on any atom is -0.382 e. The van der Waals surface area contributed by atoms with Crippen LogP contribution >= 0.6 is 0 Å². The van der Waals surface area contributed by atoms with E-state index in [1.807, 2.05) is 0 Å². The molecule has 19 heavy (non-hydrogen) atoms. The molecule has 1 aliphatic carbocycles. The Bertz CT molecular complexity index is 390. The lowest BCUT2D eigenvalue weighted by Crippen LogP contribution is -2.30. The highest BCUT2D eigenvalue weighted by atomic mass is 16.5. The molecule has 0 radical (unpaired) electrons. The van der Waals surface area contributed by atoms with Gasteiger partial charge in [0.15, 0.2) is 0 Å². The molecule has 1 aliphatic heterocycles. The topological polar surface area (TPSA) is 21.3 Å². The van der Waals surface area contributed by atoms with Crippen molar-refractivity contribution < 1.29 is 4.74 Å². The van der Waals surface area contributed by atoms with E-state index in [9.17, 15) is 0 Å². The summed E-state index contributed by atoms with van der Waals surface area (Å²) in [6, 6.07) is 8.65. The second-order valence-corrected chi connectivity index (χ2v) is 6.23. The molecule has 0 bridgehead atoms. The molecule has 3 atom stereocenters. The molecule has 0 saturated heterocycles. The molecule has 0 spiro atoms. The fourth-order valence-electron chi connectivity index (χ4n) is 3.44. The molecule has 104 valence electrons. The Hall–Kier alpha value is -1.02. The molecule has 2 heteroatoms. The van der Waals surface area contributed by atoms with E-state index >= 15 is 0 Å². The Morgan fingerprint density at radius 2 is 2.00 bits per heavy atom. The molecule has 0 amide bonds. The average Bonchev–Trinajstić information content (AvgIpc) is 2.62. The average molecular weight is 259 g/mol. The van der Waals surface area contributed by atoms with Gasteiger partial charge in [0.05, 0.1) is 12.2 Å². The van der Waals surface area contributed by atoms with Crippen LogP contribution in [0.3, 0.4) is 0 Å². The summed E-state index contributed by atoms with van der Waals surface area (Å²) in [6.07, 6.45) is 8.39. The van der Waals surface area contributed by atoms with E-state index in [1.54, 1.807) is 0 Å². The van der Waals surface area contributed by atoms with Crippen molar-refractivity contribution in [3.05, 3.63) is 29.8 Å². The third-order valence-corrected chi connectivity index (χ3v) is 4.55. The Kier molecular flexibility index (Phi) is 4.07. The van der Waals surface area contributed by atoms with E-state index < -0.39 is 0 Å². The standard InChI is InChI=1S/C17H25NO/c1-13-5-4-7-15(11-13)19-16-10-9-14-6-2-3-8-17(14)18-12-16/h2-3,6,8,13,15-16,18H,4-5,7,9-12H2,1H3. The molecule has 1 saturated carbocycles. The highest BCUT2D eigenvalue weighted by molar-refractivity contribution is 5.52. The number of para-hydroxylation sites is 1. The summed E-state index contributed by atoms with van der Waals surface area (Å²) in [5.41, 5.74) is 2.73. The monoisotopic (exact) mass is 259 g/mol. The second-order valence-electron chi connectivity index (χ2n) is 6.23. The maximum Gasteiger partial charge on any atom is 0.0754 e. The first-order chi connectivity index (χ1) is 9.31. The maximum absolute atomic E-state index is 6.35. The minimum absolute atomic E-state index is 0.377. The van der Waals surface area contributed by atoms with Gasteiger partial charge in [-0.25, -0.2) is 0 Å². The van der Waals surface area contributed by atoms with E-state index in [4.69, 9.17) is 4.74 Å². The molecule has 3 unspecified atom stereocenters. The lowest BCUT2D eigenvalue weighted by atomic mass is 9.88. The molecule has 1 N–H and O–H groups in total. The number of anilines is 1. The largest absolute Gasteiger partial charge is 0.382 e. The summed E-state index contributed by atoms with van der Waals surface area (Å²) < 4.78 is 6.35. The molecule has 2 aliphatic rings. The SMILES string of the molecule is CC1CCCC(OC2CCc3ccccc3NC2)C1. The predicted octanol–water partition coefficient (Wildman–Crippen LogP) is 4.01. The molecule has 1 aromatic rings. The van der Waals surface area contributed by atoms with Gasteiger partial charge in [0.1, 0.15) is 0 Å². The van der Waals surface area contributed by atoms with Crippen LogP contribution in [0.1, 0.15) is 44.6 Å². The zero-order valence-corrected chi connectivity index (χ0v) is 11.9. The van der Waals surface area contributed by atoms with Crippen molar-refractivity contribution in [1.29, 1.82) is 0 Å². The molecule has 0 aromatic heterocycles. The van der Waals surface area contributed by atoms with E-state index in [1.165, 1.54) is 36.9 Å². The zero-order valence-electron chi connectivity index (χ0n) is 11.9. The first-order valence-electron chi connectivity index (χ1n) is 7.78. The highest BCUT2D eigenvalue weighted by Gasteiger charge is 2.24. The summed E-state index contributed by atoms with van der Waals surface area (Å²) in [4.78, 5) is 0. The van der Waals surface area contributed by atoms with Gasteiger partial charge in [-0.1, -0.05) is 38.0 Å². The number of aryl methyl sites for hydroxylation is 1. The van der Waals surface area contributed by atoms with Crippen LogP contribution in [0.15, 0.2) is 24.3 Å². The van der Waals surface area contributed by atoms with Crippen molar-refractivity contribution in [2.24, 2.45) is 5.92 Å². The van der Waals surface area contributed by atoms with Gasteiger partial charge >= 0.3 is 0 Å². The van der Waals surface area contributed by atoms with Gasteiger partial charge in [0, 0.05) is 12.2 Å². The van der Waals surface area contributed by atoms with Gasteiger partial charge < -0.3 is 10.1 Å². The van der Waals surface area contributed by atoms with Crippen LogP contribution < -0.4 is 5.32 Å². The predicted molar refractivity (Wildman–Crippen MR) is 79.5 cm³/mol. The molecule has 1 aromatic carbocycles. The first-order valence-corrected chi connectivity index (χ1v) is 7.78. The summed E-state index contributed by atoms with van der Waals surface area (Å²) in [5.74, 6) is 0.842. The number of benzene rings is 1. The van der Waals surface area contributed by atoms with Gasteiger partial charge in [-0.15, -0.1) is 0 Å². The van der Waals surface area contributed by atoms with Crippen molar-refractivity contribution in [3.63, 3.8) is 0 Å². The molecule has 3 rings (SSSR count). The van der Waals surface area contributed by atoms with Crippen molar-refractivity contribution in [1.82, 2.24) is 0 Å². The third kappa shape index (κ3) is 3.30. The van der Waals surface area contributed by atoms with Gasteiger partial charge in [-0.2, -0.15) is 0 Å². The number of rotatable bonds is 2. The van der Waals surface area contributed by atoms with Crippen LogP contribution in [0.2, 0.25) is 0 Å². The van der Waals surface area contributed by atoms with Crippen LogP contribution in [-0.4, -0.2) is 18.8 Å². The number of hydrogen-bond donors (Lipinski definition) is 1. The van der Waals surface area contributed by atoms with Gasteiger partial charge in [-0.05, 0) is 43.2 Å². The van der Waals surface area contributed by atoms with Crippen LogP contribution in [-0.2, 0) is 11.2 Å². The van der Waals surface area contributed by atoms with Crippen LogP contribution in [0.5, 0.6) is 0 Å². The Balaban J connectivity index is 1.56. The van der Waals surface area contributed by atoms with E-state index in [0.29, 0.717) is 12.2 Å². The smallest absolute Gasteiger partial charge is 0.0754 e. The van der Waals surface area contributed by atoms with E-state index in [-0.39, 0.29) is 0 Å². The minimum atomic E-state index is 0.377. The van der Waals surface area contributed by atoms with Crippen LogP contribution in [0.4, 0.5) is 5.69 Å².